The number of rotatable bonds is 5. The molecule has 74 valence electrons. The maximum Gasteiger partial charge on any atom is 0.00854 e. The third-order valence-corrected chi connectivity index (χ3v) is 4.39. The van der Waals surface area contributed by atoms with Crippen molar-refractivity contribution in [3.63, 3.8) is 0 Å². The molecule has 0 rings (SSSR count). The Morgan fingerprint density at radius 3 is 1.75 bits per heavy atom. The van der Waals surface area contributed by atoms with E-state index in [0.717, 1.165) is 5.33 Å². The Balaban J connectivity index is 4.20. The molecule has 0 bridgehead atoms. The van der Waals surface area contributed by atoms with Gasteiger partial charge in [-0.25, -0.2) is 0 Å². The van der Waals surface area contributed by atoms with Crippen LogP contribution < -0.4 is 0 Å². The summed E-state index contributed by atoms with van der Waals surface area (Å²) in [6, 6.07) is 0. The summed E-state index contributed by atoms with van der Waals surface area (Å²) < 4.78 is 0. The van der Waals surface area contributed by atoms with Crippen molar-refractivity contribution in [3.05, 3.63) is 0 Å². The SMILES string of the molecule is CCC(C)(C)CC(C)(CC)CBr. The van der Waals surface area contributed by atoms with Crippen molar-refractivity contribution in [2.75, 3.05) is 5.33 Å². The number of alkyl halides is 1. The summed E-state index contributed by atoms with van der Waals surface area (Å²) in [4.78, 5) is 0. The first-order valence-electron chi connectivity index (χ1n) is 4.95. The molecule has 0 aromatic carbocycles. The monoisotopic (exact) mass is 234 g/mol. The van der Waals surface area contributed by atoms with Crippen LogP contribution in [0.5, 0.6) is 0 Å². The minimum Gasteiger partial charge on any atom is -0.0922 e. The Morgan fingerprint density at radius 2 is 1.50 bits per heavy atom. The Labute approximate surface area is 86.3 Å². The number of hydrogen-bond acceptors (Lipinski definition) is 0. The van der Waals surface area contributed by atoms with Crippen molar-refractivity contribution in [2.45, 2.75) is 53.9 Å². The molecule has 0 nitrogen and oxygen atoms in total. The predicted molar refractivity (Wildman–Crippen MR) is 60.9 cm³/mol. The van der Waals surface area contributed by atoms with Gasteiger partial charge < -0.3 is 0 Å². The first kappa shape index (κ1) is 12.5. The standard InChI is InChI=1S/C11H23Br/c1-6-10(3,4)8-11(5,7-2)9-12/h6-9H2,1-5H3. The van der Waals surface area contributed by atoms with Gasteiger partial charge >= 0.3 is 0 Å². The van der Waals surface area contributed by atoms with Crippen molar-refractivity contribution < 1.29 is 0 Å². The zero-order valence-electron chi connectivity index (χ0n) is 9.21. The van der Waals surface area contributed by atoms with Gasteiger partial charge in [0.1, 0.15) is 0 Å². The highest BCUT2D eigenvalue weighted by atomic mass is 79.9. The maximum absolute atomic E-state index is 3.61. The van der Waals surface area contributed by atoms with Gasteiger partial charge in [0, 0.05) is 5.33 Å². The first-order chi connectivity index (χ1) is 5.39. The predicted octanol–water partition coefficient (Wildman–Crippen LogP) is 4.62. The van der Waals surface area contributed by atoms with Crippen LogP contribution in [0.4, 0.5) is 0 Å². The fraction of sp³-hybridized carbons (Fsp3) is 1.00. The molecule has 0 aromatic rings. The summed E-state index contributed by atoms with van der Waals surface area (Å²) in [5, 5.41) is 1.12. The van der Waals surface area contributed by atoms with Gasteiger partial charge in [0.2, 0.25) is 0 Å². The van der Waals surface area contributed by atoms with Gasteiger partial charge in [-0.05, 0) is 23.7 Å². The molecule has 0 N–H and O–H groups in total. The summed E-state index contributed by atoms with van der Waals surface area (Å²) in [6.45, 7) is 11.7. The molecule has 0 aliphatic rings. The number of halogens is 1. The van der Waals surface area contributed by atoms with Crippen LogP contribution in [-0.2, 0) is 0 Å². The summed E-state index contributed by atoms with van der Waals surface area (Å²) in [5.41, 5.74) is 0.984. The first-order valence-corrected chi connectivity index (χ1v) is 6.07. The normalized spacial score (nSPS) is 17.5. The highest BCUT2D eigenvalue weighted by Gasteiger charge is 2.28. The molecule has 0 saturated heterocycles. The molecule has 12 heavy (non-hydrogen) atoms. The molecule has 0 aromatic heterocycles. The van der Waals surface area contributed by atoms with Crippen LogP contribution in [0.2, 0.25) is 0 Å². The highest BCUT2D eigenvalue weighted by molar-refractivity contribution is 9.09. The van der Waals surface area contributed by atoms with E-state index >= 15 is 0 Å². The molecule has 0 heterocycles. The fourth-order valence-corrected chi connectivity index (χ4v) is 2.14. The van der Waals surface area contributed by atoms with Crippen molar-refractivity contribution in [1.29, 1.82) is 0 Å². The molecule has 0 fully saturated rings. The van der Waals surface area contributed by atoms with Gasteiger partial charge in [-0.3, -0.25) is 0 Å². The average Bonchev–Trinajstić information content (AvgIpc) is 2.04. The Hall–Kier alpha value is 0.480. The lowest BCUT2D eigenvalue weighted by molar-refractivity contribution is 0.189. The summed E-state index contributed by atoms with van der Waals surface area (Å²) >= 11 is 3.61. The van der Waals surface area contributed by atoms with E-state index in [1.807, 2.05) is 0 Å². The molecule has 0 saturated carbocycles. The lowest BCUT2D eigenvalue weighted by Crippen LogP contribution is -2.26. The topological polar surface area (TPSA) is 0 Å². The van der Waals surface area contributed by atoms with E-state index < -0.39 is 0 Å². The van der Waals surface area contributed by atoms with Crippen LogP contribution >= 0.6 is 15.9 Å². The van der Waals surface area contributed by atoms with Gasteiger partial charge in [0.05, 0.1) is 0 Å². The van der Waals surface area contributed by atoms with E-state index in [4.69, 9.17) is 0 Å². The summed E-state index contributed by atoms with van der Waals surface area (Å²) in [7, 11) is 0. The molecule has 1 atom stereocenters. The molecule has 1 heteroatoms. The third kappa shape index (κ3) is 3.93. The van der Waals surface area contributed by atoms with E-state index in [0.29, 0.717) is 10.8 Å². The molecule has 1 unspecified atom stereocenters. The molecular formula is C11H23Br. The second-order valence-corrected chi connectivity index (χ2v) is 5.55. The molecule has 0 amide bonds. The quantitative estimate of drug-likeness (QED) is 0.610. The molecular weight excluding hydrogens is 212 g/mol. The van der Waals surface area contributed by atoms with E-state index in [2.05, 4.69) is 50.5 Å². The second kappa shape index (κ2) is 4.64. The van der Waals surface area contributed by atoms with Gasteiger partial charge in [-0.15, -0.1) is 0 Å². The number of hydrogen-bond donors (Lipinski definition) is 0. The van der Waals surface area contributed by atoms with Crippen LogP contribution in [0.25, 0.3) is 0 Å². The second-order valence-electron chi connectivity index (χ2n) is 4.99. The largest absolute Gasteiger partial charge is 0.0922 e. The molecule has 0 spiro atoms. The Kier molecular flexibility index (Phi) is 4.83. The van der Waals surface area contributed by atoms with Crippen molar-refractivity contribution in [2.24, 2.45) is 10.8 Å². The molecule has 0 radical (unpaired) electrons. The summed E-state index contributed by atoms with van der Waals surface area (Å²) in [6.07, 6.45) is 3.86. The van der Waals surface area contributed by atoms with E-state index in [1.165, 1.54) is 19.3 Å². The average molecular weight is 235 g/mol. The van der Waals surface area contributed by atoms with Crippen LogP contribution in [0, 0.1) is 10.8 Å². The molecule has 0 aliphatic heterocycles. The van der Waals surface area contributed by atoms with Gasteiger partial charge in [0.15, 0.2) is 0 Å². The Morgan fingerprint density at radius 1 is 1.00 bits per heavy atom. The van der Waals surface area contributed by atoms with E-state index in [-0.39, 0.29) is 0 Å². The highest BCUT2D eigenvalue weighted by Crippen LogP contribution is 2.39. The lowest BCUT2D eigenvalue weighted by Gasteiger charge is -2.35. The van der Waals surface area contributed by atoms with Gasteiger partial charge in [0.25, 0.3) is 0 Å². The lowest BCUT2D eigenvalue weighted by atomic mass is 9.72. The maximum atomic E-state index is 3.61. The van der Waals surface area contributed by atoms with Gasteiger partial charge in [-0.1, -0.05) is 57.0 Å². The van der Waals surface area contributed by atoms with E-state index in [1.54, 1.807) is 0 Å². The summed E-state index contributed by atoms with van der Waals surface area (Å²) in [5.74, 6) is 0. The zero-order chi connectivity index (χ0) is 9.83. The Bertz CT molecular complexity index is 123. The minimum absolute atomic E-state index is 0.486. The van der Waals surface area contributed by atoms with Crippen LogP contribution in [0.15, 0.2) is 0 Å². The van der Waals surface area contributed by atoms with Crippen molar-refractivity contribution >= 4 is 15.9 Å². The minimum atomic E-state index is 0.486. The smallest absolute Gasteiger partial charge is 0.00854 e. The third-order valence-electron chi connectivity index (χ3n) is 3.04. The van der Waals surface area contributed by atoms with E-state index in [9.17, 15) is 0 Å². The zero-order valence-corrected chi connectivity index (χ0v) is 10.8. The fourth-order valence-electron chi connectivity index (χ4n) is 1.55. The van der Waals surface area contributed by atoms with Crippen molar-refractivity contribution in [3.8, 4) is 0 Å². The van der Waals surface area contributed by atoms with Gasteiger partial charge in [-0.2, -0.15) is 0 Å². The van der Waals surface area contributed by atoms with Crippen LogP contribution in [0.3, 0.4) is 0 Å². The van der Waals surface area contributed by atoms with Crippen LogP contribution in [-0.4, -0.2) is 5.33 Å². The molecule has 0 aliphatic carbocycles. The van der Waals surface area contributed by atoms with Crippen molar-refractivity contribution in [1.82, 2.24) is 0 Å². The van der Waals surface area contributed by atoms with Crippen LogP contribution in [0.1, 0.15) is 53.9 Å².